The Balaban J connectivity index is 1.80. The molecule has 1 heteroatoms. The van der Waals surface area contributed by atoms with Crippen LogP contribution in [0.5, 0.6) is 0 Å². The Morgan fingerprint density at radius 3 is 2.07 bits per heavy atom. The molecule has 0 atom stereocenters. The smallest absolute Gasteiger partial charge is 0.0562 e. The number of nitrogens with zero attached hydrogens (tertiary/aromatic N) is 1. The quantitative estimate of drug-likeness (QED) is 0.301. The van der Waals surface area contributed by atoms with E-state index in [-0.39, 0.29) is 0 Å². The second-order valence-corrected chi connectivity index (χ2v) is 7.15. The van der Waals surface area contributed by atoms with Crippen molar-refractivity contribution in [1.82, 2.24) is 4.57 Å². The van der Waals surface area contributed by atoms with Crippen LogP contribution >= 0.6 is 0 Å². The summed E-state index contributed by atoms with van der Waals surface area (Å²) in [6.07, 6.45) is 4.43. The molecule has 0 radical (unpaired) electrons. The normalized spacial score (nSPS) is 11.6. The predicted molar refractivity (Wildman–Crippen MR) is 121 cm³/mol. The number of fused-ring (bicyclic) bond motifs is 3. The summed E-state index contributed by atoms with van der Waals surface area (Å²) in [5.41, 5.74) is 7.47. The highest BCUT2D eigenvalue weighted by molar-refractivity contribution is 6.12. The SMILES string of the molecule is Cn1c2ccccc2c2cc(-c3ccccc3)cc(C=Cc3ccccc3)c21. The van der Waals surface area contributed by atoms with Gasteiger partial charge in [-0.2, -0.15) is 0 Å². The number of aromatic nitrogens is 1. The van der Waals surface area contributed by atoms with Crippen LogP contribution in [0.4, 0.5) is 0 Å². The third kappa shape index (κ3) is 2.82. The van der Waals surface area contributed by atoms with E-state index >= 15 is 0 Å². The molecule has 1 nitrogen and oxygen atoms in total. The van der Waals surface area contributed by atoms with Gasteiger partial charge in [-0.05, 0) is 40.5 Å². The standard InChI is InChI=1S/C27H21N/c1-28-26-15-9-8-14-24(26)25-19-23(21-12-6-3-7-13-21)18-22(27(25)28)17-16-20-10-4-2-5-11-20/h2-19H,1H3. The zero-order chi connectivity index (χ0) is 18.9. The Hall–Kier alpha value is -3.58. The van der Waals surface area contributed by atoms with Crippen molar-refractivity contribution in [2.45, 2.75) is 0 Å². The molecule has 0 aliphatic carbocycles. The van der Waals surface area contributed by atoms with Crippen LogP contribution in [0.15, 0.2) is 97.1 Å². The van der Waals surface area contributed by atoms with Crippen molar-refractivity contribution >= 4 is 34.0 Å². The van der Waals surface area contributed by atoms with Crippen LogP contribution in [0, 0.1) is 0 Å². The first kappa shape index (κ1) is 16.6. The molecule has 1 aromatic heterocycles. The van der Waals surface area contributed by atoms with Crippen molar-refractivity contribution in [2.24, 2.45) is 7.05 Å². The monoisotopic (exact) mass is 359 g/mol. The molecule has 0 saturated carbocycles. The van der Waals surface area contributed by atoms with Gasteiger partial charge < -0.3 is 4.57 Å². The van der Waals surface area contributed by atoms with Crippen LogP contribution in [0.2, 0.25) is 0 Å². The molecule has 134 valence electrons. The molecule has 0 spiro atoms. The molecule has 0 amide bonds. The lowest BCUT2D eigenvalue weighted by Crippen LogP contribution is -1.90. The molecular formula is C27H21N. The maximum Gasteiger partial charge on any atom is 0.0562 e. The van der Waals surface area contributed by atoms with Crippen LogP contribution in [0.3, 0.4) is 0 Å². The Morgan fingerprint density at radius 2 is 1.29 bits per heavy atom. The Morgan fingerprint density at radius 1 is 0.607 bits per heavy atom. The van der Waals surface area contributed by atoms with Gasteiger partial charge >= 0.3 is 0 Å². The van der Waals surface area contributed by atoms with E-state index in [1.165, 1.54) is 44.1 Å². The fourth-order valence-corrected chi connectivity index (χ4v) is 4.03. The minimum Gasteiger partial charge on any atom is -0.343 e. The summed E-state index contributed by atoms with van der Waals surface area (Å²) < 4.78 is 2.31. The third-order valence-corrected chi connectivity index (χ3v) is 5.39. The second-order valence-electron chi connectivity index (χ2n) is 7.15. The average molecular weight is 359 g/mol. The molecule has 5 rings (SSSR count). The number of hydrogen-bond acceptors (Lipinski definition) is 0. The van der Waals surface area contributed by atoms with E-state index in [1.807, 2.05) is 0 Å². The Bertz CT molecular complexity index is 1290. The van der Waals surface area contributed by atoms with Gasteiger partial charge in [-0.1, -0.05) is 91.0 Å². The van der Waals surface area contributed by atoms with E-state index < -0.39 is 0 Å². The van der Waals surface area contributed by atoms with Gasteiger partial charge in [0.15, 0.2) is 0 Å². The van der Waals surface area contributed by atoms with Gasteiger partial charge in [0.1, 0.15) is 0 Å². The molecule has 4 aromatic carbocycles. The van der Waals surface area contributed by atoms with Gasteiger partial charge in [-0.15, -0.1) is 0 Å². The zero-order valence-corrected chi connectivity index (χ0v) is 15.8. The van der Waals surface area contributed by atoms with Crippen molar-refractivity contribution in [1.29, 1.82) is 0 Å². The predicted octanol–water partition coefficient (Wildman–Crippen LogP) is 7.17. The number of rotatable bonds is 3. The highest BCUT2D eigenvalue weighted by atomic mass is 14.9. The second kappa shape index (κ2) is 6.86. The first-order valence-electron chi connectivity index (χ1n) is 9.61. The van der Waals surface area contributed by atoms with Gasteiger partial charge in [-0.25, -0.2) is 0 Å². The fourth-order valence-electron chi connectivity index (χ4n) is 4.03. The molecular weight excluding hydrogens is 338 g/mol. The first-order chi connectivity index (χ1) is 13.8. The van der Waals surface area contributed by atoms with Crippen molar-refractivity contribution in [2.75, 3.05) is 0 Å². The van der Waals surface area contributed by atoms with Crippen molar-refractivity contribution in [3.8, 4) is 11.1 Å². The summed E-state index contributed by atoms with van der Waals surface area (Å²) in [6.45, 7) is 0. The Kier molecular flexibility index (Phi) is 4.06. The largest absolute Gasteiger partial charge is 0.343 e. The highest BCUT2D eigenvalue weighted by Crippen LogP contribution is 2.35. The maximum absolute atomic E-state index is 2.33. The van der Waals surface area contributed by atoms with Crippen molar-refractivity contribution in [3.05, 3.63) is 108 Å². The van der Waals surface area contributed by atoms with E-state index in [4.69, 9.17) is 0 Å². The van der Waals surface area contributed by atoms with Gasteiger partial charge in [0.2, 0.25) is 0 Å². The van der Waals surface area contributed by atoms with Gasteiger partial charge in [0.25, 0.3) is 0 Å². The molecule has 0 saturated heterocycles. The van der Waals surface area contributed by atoms with Gasteiger partial charge in [0, 0.05) is 23.3 Å². The molecule has 0 fully saturated rings. The lowest BCUT2D eigenvalue weighted by atomic mass is 9.98. The first-order valence-corrected chi connectivity index (χ1v) is 9.61. The van der Waals surface area contributed by atoms with Gasteiger partial charge in [0.05, 0.1) is 5.52 Å². The van der Waals surface area contributed by atoms with Gasteiger partial charge in [-0.3, -0.25) is 0 Å². The molecule has 5 aromatic rings. The summed E-state index contributed by atoms with van der Waals surface area (Å²) in [7, 11) is 2.16. The summed E-state index contributed by atoms with van der Waals surface area (Å²) in [5, 5.41) is 2.60. The van der Waals surface area contributed by atoms with Crippen LogP contribution in [0.1, 0.15) is 11.1 Å². The van der Waals surface area contributed by atoms with Crippen molar-refractivity contribution in [3.63, 3.8) is 0 Å². The maximum atomic E-state index is 2.33. The zero-order valence-electron chi connectivity index (χ0n) is 15.8. The van der Waals surface area contributed by atoms with Crippen LogP contribution in [-0.2, 0) is 7.05 Å². The van der Waals surface area contributed by atoms with E-state index in [0.717, 1.165) is 0 Å². The lowest BCUT2D eigenvalue weighted by molar-refractivity contribution is 1.01. The summed E-state index contributed by atoms with van der Waals surface area (Å²) in [5.74, 6) is 0. The number of hydrogen-bond donors (Lipinski definition) is 0. The highest BCUT2D eigenvalue weighted by Gasteiger charge is 2.12. The molecule has 0 aliphatic heterocycles. The summed E-state index contributed by atoms with van der Waals surface area (Å²) >= 11 is 0. The van der Waals surface area contributed by atoms with Crippen LogP contribution in [-0.4, -0.2) is 4.57 Å². The van der Waals surface area contributed by atoms with Crippen LogP contribution < -0.4 is 0 Å². The molecule has 28 heavy (non-hydrogen) atoms. The minimum absolute atomic E-state index is 1.21. The Labute approximate surface area is 165 Å². The van der Waals surface area contributed by atoms with E-state index in [1.54, 1.807) is 0 Å². The van der Waals surface area contributed by atoms with E-state index in [0.29, 0.717) is 0 Å². The summed E-state index contributed by atoms with van der Waals surface area (Å²) in [4.78, 5) is 0. The third-order valence-electron chi connectivity index (χ3n) is 5.39. The average Bonchev–Trinajstić information content (AvgIpc) is 3.06. The lowest BCUT2D eigenvalue weighted by Gasteiger charge is -2.08. The van der Waals surface area contributed by atoms with Crippen LogP contribution in [0.25, 0.3) is 45.1 Å². The fraction of sp³-hybridized carbons (Fsp3) is 0.0370. The van der Waals surface area contributed by atoms with Crippen molar-refractivity contribution < 1.29 is 0 Å². The number of benzene rings is 4. The molecule has 0 N–H and O–H groups in total. The summed E-state index contributed by atoms with van der Waals surface area (Å²) in [6, 6.07) is 34.4. The van der Waals surface area contributed by atoms with E-state index in [2.05, 4.69) is 121 Å². The topological polar surface area (TPSA) is 4.93 Å². The molecule has 0 bridgehead atoms. The van der Waals surface area contributed by atoms with E-state index in [9.17, 15) is 0 Å². The molecule has 0 aliphatic rings. The molecule has 0 unspecified atom stereocenters. The number of para-hydroxylation sites is 1. The molecule has 1 heterocycles. The minimum atomic E-state index is 1.21. The number of aryl methyl sites for hydroxylation is 1.